The lowest BCUT2D eigenvalue weighted by Gasteiger charge is -2.44. The molecule has 96 valence electrons. The van der Waals surface area contributed by atoms with Gasteiger partial charge in [-0.2, -0.15) is 5.26 Å². The zero-order valence-electron chi connectivity index (χ0n) is 11.1. The molecule has 1 aromatic rings. The Morgan fingerprint density at radius 1 is 1.56 bits per heavy atom. The second-order valence-corrected chi connectivity index (χ2v) is 5.51. The topological polar surface area (TPSA) is 47.3 Å². The molecule has 1 aliphatic rings. The minimum absolute atomic E-state index is 0.0880. The molecule has 0 unspecified atom stereocenters. The van der Waals surface area contributed by atoms with E-state index in [1.165, 1.54) is 5.56 Å². The van der Waals surface area contributed by atoms with Gasteiger partial charge in [-0.3, -0.25) is 4.90 Å². The highest BCUT2D eigenvalue weighted by Crippen LogP contribution is 2.40. The molecule has 3 nitrogen and oxygen atoms in total. The van der Waals surface area contributed by atoms with Crippen LogP contribution in [0.1, 0.15) is 25.8 Å². The Morgan fingerprint density at radius 2 is 2.33 bits per heavy atom. The van der Waals surface area contributed by atoms with Crippen LogP contribution in [0.2, 0.25) is 0 Å². The van der Waals surface area contributed by atoms with E-state index < -0.39 is 0 Å². The number of nitrogens with zero attached hydrogens (tertiary/aromatic N) is 2. The first-order chi connectivity index (χ1) is 8.56. The molecule has 2 atom stereocenters. The molecule has 0 radical (unpaired) electrons. The molecule has 0 saturated carbocycles. The zero-order valence-corrected chi connectivity index (χ0v) is 11.1. The van der Waals surface area contributed by atoms with Gasteiger partial charge in [0.25, 0.3) is 0 Å². The van der Waals surface area contributed by atoms with Gasteiger partial charge in [0.15, 0.2) is 0 Å². The Bertz CT molecular complexity index is 466. The van der Waals surface area contributed by atoms with Crippen LogP contribution in [-0.2, 0) is 5.41 Å². The first-order valence-electron chi connectivity index (χ1n) is 6.45. The van der Waals surface area contributed by atoms with Crippen LogP contribution < -0.4 is 0 Å². The van der Waals surface area contributed by atoms with E-state index in [1.807, 2.05) is 12.1 Å². The van der Waals surface area contributed by atoms with E-state index in [4.69, 9.17) is 5.26 Å². The molecule has 0 aliphatic carbocycles. The number of hydrogen-bond acceptors (Lipinski definition) is 3. The molecule has 0 aromatic heterocycles. The van der Waals surface area contributed by atoms with Crippen molar-refractivity contribution in [1.82, 2.24) is 4.90 Å². The van der Waals surface area contributed by atoms with Gasteiger partial charge in [0.05, 0.1) is 12.6 Å². The van der Waals surface area contributed by atoms with Gasteiger partial charge in [0.1, 0.15) is 5.75 Å². The maximum atomic E-state index is 9.63. The average molecular weight is 244 g/mol. The van der Waals surface area contributed by atoms with Crippen LogP contribution in [0.3, 0.4) is 0 Å². The molecule has 18 heavy (non-hydrogen) atoms. The molecule has 1 aromatic carbocycles. The summed E-state index contributed by atoms with van der Waals surface area (Å²) < 4.78 is 0. The summed E-state index contributed by atoms with van der Waals surface area (Å²) in [6.07, 6.45) is 1.03. The Hall–Kier alpha value is -1.53. The van der Waals surface area contributed by atoms with Gasteiger partial charge in [-0.1, -0.05) is 26.0 Å². The van der Waals surface area contributed by atoms with Crippen LogP contribution in [0.5, 0.6) is 5.75 Å². The Labute approximate surface area is 109 Å². The van der Waals surface area contributed by atoms with E-state index in [0.717, 1.165) is 19.5 Å². The van der Waals surface area contributed by atoms with Crippen molar-refractivity contribution in [3.05, 3.63) is 29.8 Å². The molecule has 3 heteroatoms. The van der Waals surface area contributed by atoms with E-state index >= 15 is 0 Å². The molecule has 0 spiro atoms. The number of piperidine rings is 1. The third kappa shape index (κ3) is 2.34. The molecule has 0 bridgehead atoms. The number of phenolic OH excluding ortho intramolecular Hbond substituents is 1. The summed E-state index contributed by atoms with van der Waals surface area (Å²) in [5.74, 6) is 0.807. The monoisotopic (exact) mass is 244 g/mol. The fraction of sp³-hybridized carbons (Fsp3) is 0.533. The van der Waals surface area contributed by atoms with Gasteiger partial charge >= 0.3 is 0 Å². The number of aromatic hydroxyl groups is 1. The van der Waals surface area contributed by atoms with Crippen molar-refractivity contribution in [1.29, 1.82) is 5.26 Å². The summed E-state index contributed by atoms with van der Waals surface area (Å²) in [6, 6.07) is 9.80. The molecule has 0 amide bonds. The minimum Gasteiger partial charge on any atom is -0.508 e. The highest BCUT2D eigenvalue weighted by Gasteiger charge is 2.37. The van der Waals surface area contributed by atoms with Crippen molar-refractivity contribution < 1.29 is 5.11 Å². The zero-order chi connectivity index (χ0) is 13.2. The smallest absolute Gasteiger partial charge is 0.115 e. The van der Waals surface area contributed by atoms with Crippen LogP contribution in [0.4, 0.5) is 0 Å². The summed E-state index contributed by atoms with van der Waals surface area (Å²) in [4.78, 5) is 2.20. The van der Waals surface area contributed by atoms with Gasteiger partial charge in [-0.15, -0.1) is 0 Å². The largest absolute Gasteiger partial charge is 0.508 e. The highest BCUT2D eigenvalue weighted by atomic mass is 16.3. The van der Waals surface area contributed by atoms with E-state index in [2.05, 4.69) is 30.9 Å². The Balaban J connectivity index is 2.20. The van der Waals surface area contributed by atoms with Gasteiger partial charge in [0.2, 0.25) is 0 Å². The molecular weight excluding hydrogens is 224 g/mol. The van der Waals surface area contributed by atoms with E-state index in [1.54, 1.807) is 6.07 Å². The predicted octanol–water partition coefficient (Wildman–Crippen LogP) is 2.52. The Morgan fingerprint density at radius 3 is 2.94 bits per heavy atom. The fourth-order valence-electron chi connectivity index (χ4n) is 2.85. The summed E-state index contributed by atoms with van der Waals surface area (Å²) in [7, 11) is 0. The molecular formula is C15H20N2O. The minimum atomic E-state index is 0.0880. The fourth-order valence-corrected chi connectivity index (χ4v) is 2.85. The van der Waals surface area contributed by atoms with Crippen molar-refractivity contribution in [3.63, 3.8) is 0 Å². The molecule has 2 rings (SSSR count). The van der Waals surface area contributed by atoms with Crippen LogP contribution in [0.15, 0.2) is 24.3 Å². The molecule has 1 saturated heterocycles. The number of hydrogen-bond donors (Lipinski definition) is 1. The summed E-state index contributed by atoms with van der Waals surface area (Å²) >= 11 is 0. The lowest BCUT2D eigenvalue weighted by Crippen LogP contribution is -2.47. The van der Waals surface area contributed by atoms with Gasteiger partial charge in [0, 0.05) is 6.54 Å². The standard InChI is InChI=1S/C15H20N2O/c1-12-11-17(9-7-16)8-6-15(12,2)13-4-3-5-14(18)10-13/h3-5,10,12,18H,6,8-9,11H2,1-2H3/t12-,15-/m0/s1. The van der Waals surface area contributed by atoms with Gasteiger partial charge < -0.3 is 5.11 Å². The third-order valence-corrected chi connectivity index (χ3v) is 4.37. The Kier molecular flexibility index (Phi) is 3.58. The van der Waals surface area contributed by atoms with Crippen molar-refractivity contribution in [2.45, 2.75) is 25.7 Å². The second kappa shape index (κ2) is 4.99. The third-order valence-electron chi connectivity index (χ3n) is 4.37. The van der Waals surface area contributed by atoms with Crippen LogP contribution in [0.25, 0.3) is 0 Å². The molecule has 1 N–H and O–H groups in total. The van der Waals surface area contributed by atoms with Gasteiger partial charge in [-0.25, -0.2) is 0 Å². The summed E-state index contributed by atoms with van der Waals surface area (Å²) in [5, 5.41) is 18.4. The lowest BCUT2D eigenvalue weighted by molar-refractivity contribution is 0.122. The second-order valence-electron chi connectivity index (χ2n) is 5.51. The van der Waals surface area contributed by atoms with Gasteiger partial charge in [-0.05, 0) is 42.0 Å². The SMILES string of the molecule is C[C@H]1CN(CC#N)CC[C@]1(C)c1cccc(O)c1. The quantitative estimate of drug-likeness (QED) is 0.813. The summed E-state index contributed by atoms with van der Waals surface area (Å²) in [6.45, 7) is 6.90. The first-order valence-corrected chi connectivity index (χ1v) is 6.45. The van der Waals surface area contributed by atoms with Crippen LogP contribution >= 0.6 is 0 Å². The number of likely N-dealkylation sites (tertiary alicyclic amines) is 1. The maximum absolute atomic E-state index is 9.63. The van der Waals surface area contributed by atoms with Crippen molar-refractivity contribution >= 4 is 0 Å². The molecule has 1 fully saturated rings. The molecule has 1 aliphatic heterocycles. The maximum Gasteiger partial charge on any atom is 0.115 e. The van der Waals surface area contributed by atoms with Crippen LogP contribution in [-0.4, -0.2) is 29.6 Å². The van der Waals surface area contributed by atoms with Crippen molar-refractivity contribution in [2.24, 2.45) is 5.92 Å². The number of phenols is 1. The lowest BCUT2D eigenvalue weighted by atomic mass is 9.68. The van der Waals surface area contributed by atoms with E-state index in [0.29, 0.717) is 18.2 Å². The van der Waals surface area contributed by atoms with Crippen molar-refractivity contribution in [3.8, 4) is 11.8 Å². The van der Waals surface area contributed by atoms with E-state index in [9.17, 15) is 5.11 Å². The number of benzene rings is 1. The number of rotatable bonds is 2. The summed E-state index contributed by atoms with van der Waals surface area (Å²) in [5.41, 5.74) is 1.29. The van der Waals surface area contributed by atoms with Crippen molar-refractivity contribution in [2.75, 3.05) is 19.6 Å². The first kappa shape index (κ1) is 12.9. The normalized spacial score (nSPS) is 28.8. The van der Waals surface area contributed by atoms with E-state index in [-0.39, 0.29) is 5.41 Å². The average Bonchev–Trinajstić information content (AvgIpc) is 2.34. The van der Waals surface area contributed by atoms with Crippen LogP contribution in [0, 0.1) is 17.2 Å². The molecule has 1 heterocycles. The number of nitriles is 1. The highest BCUT2D eigenvalue weighted by molar-refractivity contribution is 5.33. The predicted molar refractivity (Wildman–Crippen MR) is 71.3 cm³/mol.